The molecule has 0 aliphatic rings. The van der Waals surface area contributed by atoms with Crippen molar-refractivity contribution in [2.45, 2.75) is 13.5 Å². The maximum Gasteiger partial charge on any atom is 0.264 e. The van der Waals surface area contributed by atoms with Gasteiger partial charge in [0.05, 0.1) is 12.9 Å². The van der Waals surface area contributed by atoms with Gasteiger partial charge in [-0.25, -0.2) is 0 Å². The molecule has 0 aromatic heterocycles. The lowest BCUT2D eigenvalue weighted by Gasteiger charge is -2.05. The second-order valence-electron chi connectivity index (χ2n) is 4.53. The van der Waals surface area contributed by atoms with E-state index in [0.717, 1.165) is 22.9 Å². The van der Waals surface area contributed by atoms with Crippen LogP contribution in [-0.4, -0.2) is 14.7 Å². The third-order valence-corrected chi connectivity index (χ3v) is 3.32. The van der Waals surface area contributed by atoms with E-state index in [1.807, 2.05) is 24.3 Å². The highest BCUT2D eigenvalue weighted by Gasteiger charge is 2.03. The van der Waals surface area contributed by atoms with Crippen LogP contribution in [0.3, 0.4) is 0 Å². The molecule has 0 N–H and O–H groups in total. The van der Waals surface area contributed by atoms with Crippen LogP contribution in [0.4, 0.5) is 0 Å². The van der Waals surface area contributed by atoms with Crippen molar-refractivity contribution in [2.24, 2.45) is 0 Å². The molecule has 0 aliphatic carbocycles. The highest BCUT2D eigenvalue weighted by Crippen LogP contribution is 2.20. The van der Waals surface area contributed by atoms with Gasteiger partial charge >= 0.3 is 0 Å². The van der Waals surface area contributed by atoms with Gasteiger partial charge < -0.3 is 0 Å². The minimum Gasteiger partial charge on any atom is -0.265 e. The second-order valence-corrected chi connectivity index (χ2v) is 6.17. The first-order valence-corrected chi connectivity index (χ1v) is 7.76. The Hall–Kier alpha value is -1.65. The zero-order chi connectivity index (χ0) is 13.9. The molecular weight excluding hydrogens is 260 g/mol. The molecule has 2 aromatic carbocycles. The number of rotatable bonds is 4. The van der Waals surface area contributed by atoms with Crippen LogP contribution >= 0.6 is 0 Å². The van der Waals surface area contributed by atoms with E-state index >= 15 is 0 Å². The molecule has 0 saturated heterocycles. The largest absolute Gasteiger partial charge is 0.265 e. The molecule has 0 aliphatic heterocycles. The molecule has 100 valence electrons. The molecule has 0 unspecified atom stereocenters. The first kappa shape index (κ1) is 13.8. The van der Waals surface area contributed by atoms with Crippen molar-refractivity contribution in [3.05, 3.63) is 59.7 Å². The lowest BCUT2D eigenvalue weighted by atomic mass is 10.0. The number of benzene rings is 2. The van der Waals surface area contributed by atoms with Crippen molar-refractivity contribution in [3.8, 4) is 11.1 Å². The summed E-state index contributed by atoms with van der Waals surface area (Å²) in [6.07, 6.45) is 1.05. The van der Waals surface area contributed by atoms with Gasteiger partial charge in [-0.1, -0.05) is 54.1 Å². The summed E-state index contributed by atoms with van der Waals surface area (Å²) in [6.45, 7) is 2.13. The van der Waals surface area contributed by atoms with E-state index in [4.69, 9.17) is 4.18 Å². The average Bonchev–Trinajstić information content (AvgIpc) is 2.37. The van der Waals surface area contributed by atoms with E-state index < -0.39 is 10.1 Å². The standard InChI is InChI=1S/C15H16O3S/c1-12-3-7-14(8-4-12)15-9-5-13(6-10-15)11-18-19(2,16)17/h3-10H,11H2,1-2H3. The Labute approximate surface area is 114 Å². The van der Waals surface area contributed by atoms with Gasteiger partial charge in [0.2, 0.25) is 0 Å². The second kappa shape index (κ2) is 5.55. The van der Waals surface area contributed by atoms with Crippen LogP contribution < -0.4 is 0 Å². The van der Waals surface area contributed by atoms with Crippen LogP contribution in [0.15, 0.2) is 48.5 Å². The number of hydrogen-bond acceptors (Lipinski definition) is 3. The maximum absolute atomic E-state index is 10.9. The molecule has 0 amide bonds. The van der Waals surface area contributed by atoms with E-state index in [0.29, 0.717) is 0 Å². The molecule has 2 aromatic rings. The summed E-state index contributed by atoms with van der Waals surface area (Å²) in [7, 11) is -3.39. The van der Waals surface area contributed by atoms with E-state index in [1.54, 1.807) is 0 Å². The average molecular weight is 276 g/mol. The molecule has 19 heavy (non-hydrogen) atoms. The normalized spacial score (nSPS) is 11.5. The Morgan fingerprint density at radius 1 is 0.895 bits per heavy atom. The minimum atomic E-state index is -3.39. The molecule has 0 fully saturated rings. The molecule has 2 rings (SSSR count). The zero-order valence-electron chi connectivity index (χ0n) is 11.0. The molecule has 0 heterocycles. The third kappa shape index (κ3) is 4.19. The fourth-order valence-electron chi connectivity index (χ4n) is 1.71. The van der Waals surface area contributed by atoms with Crippen molar-refractivity contribution in [3.63, 3.8) is 0 Å². The van der Waals surface area contributed by atoms with Gasteiger partial charge in [0.25, 0.3) is 10.1 Å². The summed E-state index contributed by atoms with van der Waals surface area (Å²) in [6, 6.07) is 15.9. The first-order valence-electron chi connectivity index (χ1n) is 5.94. The smallest absolute Gasteiger partial charge is 0.264 e. The highest BCUT2D eigenvalue weighted by atomic mass is 32.2. The number of aryl methyl sites for hydroxylation is 1. The van der Waals surface area contributed by atoms with Crippen LogP contribution in [0, 0.1) is 6.92 Å². The van der Waals surface area contributed by atoms with Crippen LogP contribution in [0.25, 0.3) is 11.1 Å². The Bertz CT molecular complexity index is 641. The SMILES string of the molecule is Cc1ccc(-c2ccc(COS(C)(=O)=O)cc2)cc1. The molecule has 0 atom stereocenters. The fourth-order valence-corrected chi connectivity index (χ4v) is 2.06. The third-order valence-electron chi connectivity index (χ3n) is 2.78. The lowest BCUT2D eigenvalue weighted by Crippen LogP contribution is -2.02. The van der Waals surface area contributed by atoms with E-state index in [1.165, 1.54) is 5.56 Å². The Morgan fingerprint density at radius 2 is 1.37 bits per heavy atom. The fraction of sp³-hybridized carbons (Fsp3) is 0.200. The molecule has 4 heteroatoms. The molecule has 0 saturated carbocycles. The van der Waals surface area contributed by atoms with Gasteiger partial charge in [0.15, 0.2) is 0 Å². The van der Waals surface area contributed by atoms with Gasteiger partial charge in [0.1, 0.15) is 0 Å². The Morgan fingerprint density at radius 3 is 1.84 bits per heavy atom. The van der Waals surface area contributed by atoms with Gasteiger partial charge in [-0.05, 0) is 23.6 Å². The Balaban J connectivity index is 2.12. The monoisotopic (exact) mass is 276 g/mol. The molecule has 0 radical (unpaired) electrons. The molecule has 3 nitrogen and oxygen atoms in total. The highest BCUT2D eigenvalue weighted by molar-refractivity contribution is 7.85. The van der Waals surface area contributed by atoms with E-state index in [9.17, 15) is 8.42 Å². The Kier molecular flexibility index (Phi) is 4.02. The van der Waals surface area contributed by atoms with E-state index in [2.05, 4.69) is 31.2 Å². The van der Waals surface area contributed by atoms with Crippen LogP contribution in [-0.2, 0) is 20.9 Å². The zero-order valence-corrected chi connectivity index (χ0v) is 11.8. The van der Waals surface area contributed by atoms with Crippen LogP contribution in [0.5, 0.6) is 0 Å². The first-order chi connectivity index (χ1) is 8.94. The summed E-state index contributed by atoms with van der Waals surface area (Å²) in [4.78, 5) is 0. The van der Waals surface area contributed by atoms with Crippen molar-refractivity contribution >= 4 is 10.1 Å². The van der Waals surface area contributed by atoms with Gasteiger partial charge in [0, 0.05) is 0 Å². The molecule has 0 bridgehead atoms. The van der Waals surface area contributed by atoms with Crippen molar-refractivity contribution in [2.75, 3.05) is 6.26 Å². The van der Waals surface area contributed by atoms with Gasteiger partial charge in [-0.15, -0.1) is 0 Å². The maximum atomic E-state index is 10.9. The summed E-state index contributed by atoms with van der Waals surface area (Å²) in [5.41, 5.74) is 4.30. The van der Waals surface area contributed by atoms with Crippen molar-refractivity contribution in [1.29, 1.82) is 0 Å². The van der Waals surface area contributed by atoms with E-state index in [-0.39, 0.29) is 6.61 Å². The molecule has 0 spiro atoms. The van der Waals surface area contributed by atoms with Crippen molar-refractivity contribution in [1.82, 2.24) is 0 Å². The predicted molar refractivity (Wildman–Crippen MR) is 76.2 cm³/mol. The van der Waals surface area contributed by atoms with Gasteiger partial charge in [-0.3, -0.25) is 4.18 Å². The van der Waals surface area contributed by atoms with Crippen LogP contribution in [0.1, 0.15) is 11.1 Å². The summed E-state index contributed by atoms with van der Waals surface area (Å²) >= 11 is 0. The number of hydrogen-bond donors (Lipinski definition) is 0. The molecular formula is C15H16O3S. The quantitative estimate of drug-likeness (QED) is 0.806. The summed E-state index contributed by atoms with van der Waals surface area (Å²) in [5.74, 6) is 0. The lowest BCUT2D eigenvalue weighted by molar-refractivity contribution is 0.312. The summed E-state index contributed by atoms with van der Waals surface area (Å²) < 4.78 is 26.6. The van der Waals surface area contributed by atoms with Crippen LogP contribution in [0.2, 0.25) is 0 Å². The topological polar surface area (TPSA) is 43.4 Å². The predicted octanol–water partition coefficient (Wildman–Crippen LogP) is 3.14. The minimum absolute atomic E-state index is 0.0764. The van der Waals surface area contributed by atoms with Gasteiger partial charge in [-0.2, -0.15) is 8.42 Å². The van der Waals surface area contributed by atoms with Crippen molar-refractivity contribution < 1.29 is 12.6 Å². The summed E-state index contributed by atoms with van der Waals surface area (Å²) in [5, 5.41) is 0.